The highest BCUT2D eigenvalue weighted by Crippen LogP contribution is 2.24. The molecular weight excluding hydrogens is 286 g/mol. The maximum atomic E-state index is 12.3. The fourth-order valence-corrected chi connectivity index (χ4v) is 2.35. The fourth-order valence-electron chi connectivity index (χ4n) is 2.35. The zero-order chi connectivity index (χ0) is 16.2. The van der Waals surface area contributed by atoms with Crippen molar-refractivity contribution in [1.82, 2.24) is 4.90 Å². The molecule has 1 N–H and O–H groups in total. The van der Waals surface area contributed by atoms with Gasteiger partial charge in [0, 0.05) is 12.0 Å². The first-order valence-electron chi connectivity index (χ1n) is 7.17. The van der Waals surface area contributed by atoms with E-state index in [9.17, 15) is 14.7 Å². The summed E-state index contributed by atoms with van der Waals surface area (Å²) in [5.41, 5.74) is 0.531. The summed E-state index contributed by atoms with van der Waals surface area (Å²) in [7, 11) is 0. The Balaban J connectivity index is 2.07. The summed E-state index contributed by atoms with van der Waals surface area (Å²) in [5, 5.41) is 9.31. The van der Waals surface area contributed by atoms with Crippen molar-refractivity contribution in [3.8, 4) is 0 Å². The van der Waals surface area contributed by atoms with Crippen molar-refractivity contribution in [2.75, 3.05) is 19.8 Å². The second kappa shape index (κ2) is 6.79. The quantitative estimate of drug-likeness (QED) is 0.926. The number of amides is 1. The third-order valence-electron chi connectivity index (χ3n) is 3.47. The van der Waals surface area contributed by atoms with Crippen molar-refractivity contribution >= 4 is 12.1 Å². The van der Waals surface area contributed by atoms with Crippen molar-refractivity contribution < 1.29 is 24.2 Å². The smallest absolute Gasteiger partial charge is 0.410 e. The van der Waals surface area contributed by atoms with E-state index in [0.29, 0.717) is 6.61 Å². The highest BCUT2D eigenvalue weighted by Gasteiger charge is 2.38. The van der Waals surface area contributed by atoms with Gasteiger partial charge in [-0.3, -0.25) is 4.90 Å². The zero-order valence-corrected chi connectivity index (χ0v) is 12.8. The standard InChI is InChI=1S/C16H21NO5/c1-16(2)10-17(13(14(18)19)9-21-11-16)15(20)22-8-12-6-4-3-5-7-12/h3-7,13H,8-11H2,1-2H3,(H,18,19). The van der Waals surface area contributed by atoms with E-state index in [0.717, 1.165) is 5.56 Å². The van der Waals surface area contributed by atoms with Gasteiger partial charge in [0.05, 0.1) is 13.2 Å². The van der Waals surface area contributed by atoms with Crippen LogP contribution in [0, 0.1) is 5.41 Å². The minimum atomic E-state index is -1.09. The molecule has 22 heavy (non-hydrogen) atoms. The van der Waals surface area contributed by atoms with Crippen molar-refractivity contribution in [3.63, 3.8) is 0 Å². The molecule has 1 aliphatic rings. The number of carbonyl (C=O) groups is 2. The molecule has 2 rings (SSSR count). The van der Waals surface area contributed by atoms with Crippen molar-refractivity contribution in [2.24, 2.45) is 5.41 Å². The van der Waals surface area contributed by atoms with E-state index in [1.807, 2.05) is 44.2 Å². The van der Waals surface area contributed by atoms with Crippen molar-refractivity contribution in [2.45, 2.75) is 26.5 Å². The maximum Gasteiger partial charge on any atom is 0.410 e. The average Bonchev–Trinajstić information content (AvgIpc) is 2.64. The van der Waals surface area contributed by atoms with E-state index in [-0.39, 0.29) is 25.2 Å². The van der Waals surface area contributed by atoms with Gasteiger partial charge in [0.25, 0.3) is 0 Å². The van der Waals surface area contributed by atoms with E-state index in [1.165, 1.54) is 4.90 Å². The lowest BCUT2D eigenvalue weighted by molar-refractivity contribution is -0.144. The lowest BCUT2D eigenvalue weighted by Gasteiger charge is -2.30. The van der Waals surface area contributed by atoms with Gasteiger partial charge < -0.3 is 14.6 Å². The number of nitrogens with zero attached hydrogens (tertiary/aromatic N) is 1. The number of hydrogen-bond donors (Lipinski definition) is 1. The van der Waals surface area contributed by atoms with E-state index in [4.69, 9.17) is 9.47 Å². The summed E-state index contributed by atoms with van der Waals surface area (Å²) in [5.74, 6) is -1.09. The number of aliphatic carboxylic acids is 1. The van der Waals surface area contributed by atoms with Gasteiger partial charge >= 0.3 is 12.1 Å². The first-order valence-corrected chi connectivity index (χ1v) is 7.17. The van der Waals surface area contributed by atoms with Crippen LogP contribution in [0.25, 0.3) is 0 Å². The summed E-state index contributed by atoms with van der Waals surface area (Å²) in [4.78, 5) is 24.9. The molecule has 6 heteroatoms. The molecule has 0 bridgehead atoms. The van der Waals surface area contributed by atoms with Crippen LogP contribution in [0.15, 0.2) is 30.3 Å². The van der Waals surface area contributed by atoms with Gasteiger partial charge in [-0.2, -0.15) is 0 Å². The molecule has 1 aromatic carbocycles. The topological polar surface area (TPSA) is 76.1 Å². The van der Waals surface area contributed by atoms with Crippen LogP contribution in [-0.2, 0) is 20.9 Å². The van der Waals surface area contributed by atoms with E-state index in [2.05, 4.69) is 0 Å². The summed E-state index contributed by atoms with van der Waals surface area (Å²) in [6, 6.07) is 8.25. The molecule has 1 unspecified atom stereocenters. The predicted octanol–water partition coefficient (Wildman–Crippen LogP) is 2.13. The number of carboxylic acids is 1. The van der Waals surface area contributed by atoms with Gasteiger partial charge in [-0.1, -0.05) is 44.2 Å². The van der Waals surface area contributed by atoms with Gasteiger partial charge in [0.1, 0.15) is 6.61 Å². The van der Waals surface area contributed by atoms with Gasteiger partial charge in [0.15, 0.2) is 6.04 Å². The molecule has 6 nitrogen and oxygen atoms in total. The number of carboxylic acid groups (broad SMARTS) is 1. The summed E-state index contributed by atoms with van der Waals surface area (Å²) < 4.78 is 10.7. The molecule has 1 heterocycles. The molecule has 0 spiro atoms. The van der Waals surface area contributed by atoms with Crippen LogP contribution in [0.5, 0.6) is 0 Å². The molecule has 1 aromatic rings. The first kappa shape index (κ1) is 16.3. The molecule has 0 saturated carbocycles. The molecule has 0 radical (unpaired) electrons. The van der Waals surface area contributed by atoms with Crippen LogP contribution < -0.4 is 0 Å². The highest BCUT2D eigenvalue weighted by molar-refractivity contribution is 5.80. The normalized spacial score (nSPS) is 21.0. The number of rotatable bonds is 3. The number of ether oxygens (including phenoxy) is 2. The molecule has 1 atom stereocenters. The lowest BCUT2D eigenvalue weighted by Crippen LogP contribution is -2.49. The molecule has 1 fully saturated rings. The monoisotopic (exact) mass is 307 g/mol. The van der Waals surface area contributed by atoms with Crippen LogP contribution in [0.3, 0.4) is 0 Å². The summed E-state index contributed by atoms with van der Waals surface area (Å²) >= 11 is 0. The van der Waals surface area contributed by atoms with Crippen molar-refractivity contribution in [3.05, 3.63) is 35.9 Å². The Hall–Kier alpha value is -2.08. The number of hydrogen-bond acceptors (Lipinski definition) is 4. The second-order valence-corrected chi connectivity index (χ2v) is 6.20. The number of carbonyl (C=O) groups excluding carboxylic acids is 1. The average molecular weight is 307 g/mol. The Kier molecular flexibility index (Phi) is 5.03. The SMILES string of the molecule is CC1(C)COCC(C(=O)O)N(C(=O)OCc2ccccc2)C1. The predicted molar refractivity (Wildman–Crippen MR) is 79.4 cm³/mol. The van der Waals surface area contributed by atoms with Crippen LogP contribution in [0.4, 0.5) is 4.79 Å². The van der Waals surface area contributed by atoms with Crippen LogP contribution in [-0.4, -0.2) is 47.9 Å². The first-order chi connectivity index (χ1) is 10.4. The molecule has 1 aliphatic heterocycles. The van der Waals surface area contributed by atoms with Crippen LogP contribution in [0.2, 0.25) is 0 Å². The molecule has 1 saturated heterocycles. The molecule has 1 amide bonds. The lowest BCUT2D eigenvalue weighted by atomic mass is 9.94. The third kappa shape index (κ3) is 4.21. The maximum absolute atomic E-state index is 12.3. The Morgan fingerprint density at radius 1 is 1.36 bits per heavy atom. The Morgan fingerprint density at radius 3 is 2.68 bits per heavy atom. The fraction of sp³-hybridized carbons (Fsp3) is 0.500. The molecular formula is C16H21NO5. The zero-order valence-electron chi connectivity index (χ0n) is 12.8. The van der Waals surface area contributed by atoms with E-state index in [1.54, 1.807) is 0 Å². The minimum absolute atomic E-state index is 0.0286. The molecule has 0 aromatic heterocycles. The van der Waals surface area contributed by atoms with E-state index >= 15 is 0 Å². The van der Waals surface area contributed by atoms with Gasteiger partial charge in [-0.25, -0.2) is 9.59 Å². The Labute approximate surface area is 129 Å². The van der Waals surface area contributed by atoms with Gasteiger partial charge in [-0.15, -0.1) is 0 Å². The minimum Gasteiger partial charge on any atom is -0.480 e. The largest absolute Gasteiger partial charge is 0.480 e. The van der Waals surface area contributed by atoms with Crippen LogP contribution >= 0.6 is 0 Å². The van der Waals surface area contributed by atoms with Gasteiger partial charge in [0.2, 0.25) is 0 Å². The summed E-state index contributed by atoms with van der Waals surface area (Å²) in [6.07, 6.45) is -0.630. The van der Waals surface area contributed by atoms with Gasteiger partial charge in [-0.05, 0) is 5.56 Å². The number of benzene rings is 1. The van der Waals surface area contributed by atoms with Crippen LogP contribution in [0.1, 0.15) is 19.4 Å². The molecule has 120 valence electrons. The Bertz CT molecular complexity index is 529. The van der Waals surface area contributed by atoms with Crippen molar-refractivity contribution in [1.29, 1.82) is 0 Å². The third-order valence-corrected chi connectivity index (χ3v) is 3.47. The molecule has 0 aliphatic carbocycles. The Morgan fingerprint density at radius 2 is 2.05 bits per heavy atom. The highest BCUT2D eigenvalue weighted by atomic mass is 16.6. The van der Waals surface area contributed by atoms with E-state index < -0.39 is 18.1 Å². The summed E-state index contributed by atoms with van der Waals surface area (Å²) in [6.45, 7) is 4.61. The second-order valence-electron chi connectivity index (χ2n) is 6.20.